The maximum atomic E-state index is 11.8. The molecule has 9 heteroatoms. The second kappa shape index (κ2) is 5.54. The first-order valence-corrected chi connectivity index (χ1v) is 6.19. The van der Waals surface area contributed by atoms with Gasteiger partial charge >= 0.3 is 6.01 Å². The highest BCUT2D eigenvalue weighted by atomic mass is 32.1. The van der Waals surface area contributed by atoms with Gasteiger partial charge in [-0.15, -0.1) is 15.3 Å². The van der Waals surface area contributed by atoms with Crippen molar-refractivity contribution in [3.05, 3.63) is 10.9 Å². The molecular weight excluding hydrogens is 256 g/mol. The van der Waals surface area contributed by atoms with Crippen LogP contribution in [0.15, 0.2) is 4.42 Å². The van der Waals surface area contributed by atoms with Crippen LogP contribution < -0.4 is 10.6 Å². The standard InChI is InChI=1S/C9H12N6O2S/c1-3-4-10-9-15-13-7(18-9)6(16)11-8-14-12-5(2)17-8/h3-4H2,1-2H3,(H,10,15)(H,11,14,16). The third-order valence-corrected chi connectivity index (χ3v) is 2.77. The van der Waals surface area contributed by atoms with Crippen molar-refractivity contribution in [3.8, 4) is 0 Å². The van der Waals surface area contributed by atoms with Crippen molar-refractivity contribution in [1.29, 1.82) is 0 Å². The molecule has 0 aliphatic heterocycles. The lowest BCUT2D eigenvalue weighted by atomic mass is 10.5. The predicted octanol–water partition coefficient (Wildman–Crippen LogP) is 1.30. The summed E-state index contributed by atoms with van der Waals surface area (Å²) in [5, 5.41) is 21.2. The van der Waals surface area contributed by atoms with Gasteiger partial charge in [0, 0.05) is 13.5 Å². The molecule has 0 aliphatic rings. The fourth-order valence-corrected chi connectivity index (χ4v) is 1.78. The number of nitrogens with one attached hydrogen (secondary N) is 2. The summed E-state index contributed by atoms with van der Waals surface area (Å²) in [6, 6.07) is 0.0516. The maximum Gasteiger partial charge on any atom is 0.322 e. The lowest BCUT2D eigenvalue weighted by Gasteiger charge is -1.96. The molecule has 0 saturated heterocycles. The molecule has 18 heavy (non-hydrogen) atoms. The van der Waals surface area contributed by atoms with E-state index in [1.54, 1.807) is 6.92 Å². The summed E-state index contributed by atoms with van der Waals surface area (Å²) in [6.45, 7) is 4.47. The Labute approximate surface area is 107 Å². The second-order valence-corrected chi connectivity index (χ2v) is 4.40. The fraction of sp³-hybridized carbons (Fsp3) is 0.444. The zero-order valence-corrected chi connectivity index (χ0v) is 10.7. The zero-order valence-electron chi connectivity index (χ0n) is 9.93. The van der Waals surface area contributed by atoms with Crippen molar-refractivity contribution in [2.75, 3.05) is 17.2 Å². The van der Waals surface area contributed by atoms with Crippen molar-refractivity contribution in [2.24, 2.45) is 0 Å². The molecule has 2 N–H and O–H groups in total. The van der Waals surface area contributed by atoms with E-state index in [-0.39, 0.29) is 11.0 Å². The summed E-state index contributed by atoms with van der Waals surface area (Å²) in [5.41, 5.74) is 0. The Kier molecular flexibility index (Phi) is 3.82. The van der Waals surface area contributed by atoms with Crippen molar-refractivity contribution >= 4 is 28.4 Å². The van der Waals surface area contributed by atoms with E-state index in [1.807, 2.05) is 6.92 Å². The van der Waals surface area contributed by atoms with Gasteiger partial charge in [0.2, 0.25) is 16.0 Å². The van der Waals surface area contributed by atoms with Crippen molar-refractivity contribution < 1.29 is 9.21 Å². The molecule has 8 nitrogen and oxygen atoms in total. The van der Waals surface area contributed by atoms with Crippen molar-refractivity contribution in [3.63, 3.8) is 0 Å². The van der Waals surface area contributed by atoms with Crippen LogP contribution in [0.5, 0.6) is 0 Å². The first-order valence-electron chi connectivity index (χ1n) is 5.38. The summed E-state index contributed by atoms with van der Waals surface area (Å²) in [5.74, 6) is -0.0337. The summed E-state index contributed by atoms with van der Waals surface area (Å²) >= 11 is 1.17. The highest BCUT2D eigenvalue weighted by Gasteiger charge is 2.15. The Bertz CT molecular complexity index is 537. The first-order chi connectivity index (χ1) is 8.69. The van der Waals surface area contributed by atoms with Gasteiger partial charge in [-0.1, -0.05) is 23.4 Å². The van der Waals surface area contributed by atoms with Gasteiger partial charge in [-0.3, -0.25) is 10.1 Å². The molecular formula is C9H12N6O2S. The summed E-state index contributed by atoms with van der Waals surface area (Å²) < 4.78 is 5.03. The third kappa shape index (κ3) is 3.00. The lowest BCUT2D eigenvalue weighted by Crippen LogP contribution is -2.11. The van der Waals surface area contributed by atoms with Crippen molar-refractivity contribution in [1.82, 2.24) is 20.4 Å². The van der Waals surface area contributed by atoms with Crippen LogP contribution in [0.4, 0.5) is 11.1 Å². The number of aromatic nitrogens is 4. The first kappa shape index (κ1) is 12.4. The number of anilines is 2. The molecule has 0 aromatic carbocycles. The number of carbonyl (C=O) groups is 1. The molecule has 1 amide bonds. The van der Waals surface area contributed by atoms with Crippen LogP contribution in [0, 0.1) is 6.92 Å². The average Bonchev–Trinajstić information content (AvgIpc) is 2.96. The Morgan fingerprint density at radius 1 is 1.33 bits per heavy atom. The van der Waals surface area contributed by atoms with Crippen LogP contribution in [0.25, 0.3) is 0 Å². The van der Waals surface area contributed by atoms with Gasteiger partial charge in [0.25, 0.3) is 5.91 Å². The smallest absolute Gasteiger partial charge is 0.322 e. The minimum atomic E-state index is -0.416. The molecule has 0 atom stereocenters. The van der Waals surface area contributed by atoms with Gasteiger partial charge < -0.3 is 9.73 Å². The molecule has 96 valence electrons. The van der Waals surface area contributed by atoms with E-state index in [0.29, 0.717) is 11.0 Å². The van der Waals surface area contributed by atoms with E-state index in [9.17, 15) is 4.79 Å². The number of rotatable bonds is 5. The van der Waals surface area contributed by atoms with Gasteiger partial charge in [-0.2, -0.15) is 0 Å². The van der Waals surface area contributed by atoms with E-state index >= 15 is 0 Å². The molecule has 2 aromatic heterocycles. The number of carbonyl (C=O) groups excluding carboxylic acids is 1. The van der Waals surface area contributed by atoms with Gasteiger partial charge in [-0.05, 0) is 6.42 Å². The van der Waals surface area contributed by atoms with E-state index in [2.05, 4.69) is 31.0 Å². The molecule has 0 saturated carbocycles. The number of hydrogen-bond donors (Lipinski definition) is 2. The number of nitrogens with zero attached hydrogens (tertiary/aromatic N) is 4. The zero-order chi connectivity index (χ0) is 13.0. The quantitative estimate of drug-likeness (QED) is 0.841. The second-order valence-electron chi connectivity index (χ2n) is 3.42. The molecule has 0 spiro atoms. The van der Waals surface area contributed by atoms with Crippen molar-refractivity contribution in [2.45, 2.75) is 20.3 Å². The molecule has 2 rings (SSSR count). The highest BCUT2D eigenvalue weighted by Crippen LogP contribution is 2.16. The molecule has 0 radical (unpaired) electrons. The summed E-state index contributed by atoms with van der Waals surface area (Å²) in [4.78, 5) is 11.8. The van der Waals surface area contributed by atoms with Gasteiger partial charge in [0.1, 0.15) is 0 Å². The Hall–Kier alpha value is -2.03. The van der Waals surface area contributed by atoms with E-state index in [4.69, 9.17) is 4.42 Å². The Morgan fingerprint density at radius 2 is 2.17 bits per heavy atom. The molecule has 0 unspecified atom stereocenters. The SMILES string of the molecule is CCCNc1nnc(C(=O)Nc2nnc(C)o2)s1. The summed E-state index contributed by atoms with van der Waals surface area (Å²) in [6.07, 6.45) is 0.975. The van der Waals surface area contributed by atoms with E-state index in [0.717, 1.165) is 13.0 Å². The Balaban J connectivity index is 1.98. The van der Waals surface area contributed by atoms with Crippen LogP contribution in [0.3, 0.4) is 0 Å². The van der Waals surface area contributed by atoms with Gasteiger partial charge in [0.15, 0.2) is 0 Å². The maximum absolute atomic E-state index is 11.8. The topological polar surface area (TPSA) is 106 Å². The van der Waals surface area contributed by atoms with E-state index < -0.39 is 5.91 Å². The number of amides is 1. The molecule has 0 fully saturated rings. The molecule has 0 bridgehead atoms. The molecule has 0 aliphatic carbocycles. The van der Waals surface area contributed by atoms with Crippen LogP contribution in [0.2, 0.25) is 0 Å². The Morgan fingerprint density at radius 3 is 2.83 bits per heavy atom. The van der Waals surface area contributed by atoms with Gasteiger partial charge in [-0.25, -0.2) is 0 Å². The number of aryl methyl sites for hydroxylation is 1. The normalized spacial score (nSPS) is 10.3. The minimum absolute atomic E-state index is 0.0516. The fourth-order valence-electron chi connectivity index (χ4n) is 1.12. The average molecular weight is 268 g/mol. The monoisotopic (exact) mass is 268 g/mol. The highest BCUT2D eigenvalue weighted by molar-refractivity contribution is 7.17. The predicted molar refractivity (Wildman–Crippen MR) is 65.7 cm³/mol. The number of hydrogen-bond acceptors (Lipinski definition) is 8. The van der Waals surface area contributed by atoms with Crippen LogP contribution in [-0.4, -0.2) is 32.8 Å². The van der Waals surface area contributed by atoms with E-state index in [1.165, 1.54) is 11.3 Å². The lowest BCUT2D eigenvalue weighted by molar-refractivity contribution is 0.102. The van der Waals surface area contributed by atoms with Crippen LogP contribution in [-0.2, 0) is 0 Å². The van der Waals surface area contributed by atoms with Gasteiger partial charge in [0.05, 0.1) is 0 Å². The molecule has 2 heterocycles. The van der Waals surface area contributed by atoms with Crippen LogP contribution >= 0.6 is 11.3 Å². The minimum Gasteiger partial charge on any atom is -0.408 e. The molecule has 2 aromatic rings. The van der Waals surface area contributed by atoms with Crippen LogP contribution in [0.1, 0.15) is 29.0 Å². The largest absolute Gasteiger partial charge is 0.408 e. The summed E-state index contributed by atoms with van der Waals surface area (Å²) in [7, 11) is 0. The third-order valence-electron chi connectivity index (χ3n) is 1.89.